The summed E-state index contributed by atoms with van der Waals surface area (Å²) >= 11 is 1.62. The van der Waals surface area contributed by atoms with E-state index in [1.165, 1.54) is 25.7 Å². The number of amides is 1. The van der Waals surface area contributed by atoms with Crippen molar-refractivity contribution >= 4 is 17.7 Å². The molecule has 4 nitrogen and oxygen atoms in total. The number of carbonyl (C=O) groups excluding carboxylic acids is 1. The summed E-state index contributed by atoms with van der Waals surface area (Å²) in [5.74, 6) is 3.13. The van der Waals surface area contributed by atoms with Crippen LogP contribution in [-0.4, -0.2) is 37.2 Å². The average Bonchev–Trinajstić information content (AvgIpc) is 2.84. The highest BCUT2D eigenvalue weighted by atomic mass is 32.2. The zero-order valence-corrected chi connectivity index (χ0v) is 14.7. The quantitative estimate of drug-likeness (QED) is 0.581. The molecule has 0 saturated heterocycles. The molecule has 0 bridgehead atoms. The Hall–Kier alpha value is -1.36. The van der Waals surface area contributed by atoms with Gasteiger partial charge in [0.1, 0.15) is 11.5 Å². The molecule has 2 rings (SSSR count). The van der Waals surface area contributed by atoms with Crippen molar-refractivity contribution in [2.75, 3.05) is 25.2 Å². The van der Waals surface area contributed by atoms with E-state index in [0.29, 0.717) is 18.4 Å². The number of benzene rings is 1. The molecule has 1 N–H and O–H groups in total. The van der Waals surface area contributed by atoms with Gasteiger partial charge in [-0.25, -0.2) is 0 Å². The summed E-state index contributed by atoms with van der Waals surface area (Å²) in [7, 11) is 1.65. The van der Waals surface area contributed by atoms with Crippen LogP contribution in [0.5, 0.6) is 11.5 Å². The van der Waals surface area contributed by atoms with Gasteiger partial charge in [0.15, 0.2) is 0 Å². The molecule has 23 heavy (non-hydrogen) atoms. The molecule has 0 aliphatic heterocycles. The van der Waals surface area contributed by atoms with Crippen molar-refractivity contribution in [2.24, 2.45) is 0 Å². The zero-order chi connectivity index (χ0) is 16.3. The Morgan fingerprint density at radius 1 is 1.13 bits per heavy atom. The van der Waals surface area contributed by atoms with Crippen LogP contribution in [0.1, 0.15) is 38.5 Å². The molecule has 1 amide bonds. The van der Waals surface area contributed by atoms with Crippen LogP contribution in [0.3, 0.4) is 0 Å². The fourth-order valence-electron chi connectivity index (χ4n) is 2.75. The first-order valence-corrected chi connectivity index (χ1v) is 9.57. The van der Waals surface area contributed by atoms with Crippen LogP contribution in [0.2, 0.25) is 0 Å². The Bertz CT molecular complexity index is 456. The first kappa shape index (κ1) is 18.0. The molecule has 5 heteroatoms. The van der Waals surface area contributed by atoms with Crippen molar-refractivity contribution in [3.8, 4) is 11.5 Å². The van der Waals surface area contributed by atoms with Crippen molar-refractivity contribution in [3.05, 3.63) is 24.3 Å². The third-order valence-electron chi connectivity index (χ3n) is 4.01. The van der Waals surface area contributed by atoms with Gasteiger partial charge in [-0.1, -0.05) is 25.7 Å². The van der Waals surface area contributed by atoms with Crippen LogP contribution < -0.4 is 14.8 Å². The van der Waals surface area contributed by atoms with Crippen LogP contribution in [0.15, 0.2) is 24.3 Å². The van der Waals surface area contributed by atoms with Crippen molar-refractivity contribution in [1.82, 2.24) is 5.32 Å². The Kier molecular flexibility index (Phi) is 8.15. The van der Waals surface area contributed by atoms with E-state index in [0.717, 1.165) is 30.1 Å². The second kappa shape index (κ2) is 10.4. The predicted octanol–water partition coefficient (Wildman–Crippen LogP) is 3.65. The summed E-state index contributed by atoms with van der Waals surface area (Å²) in [4.78, 5) is 11.9. The molecule has 0 aromatic heterocycles. The van der Waals surface area contributed by atoms with Gasteiger partial charge in [0.2, 0.25) is 5.91 Å². The second-order valence-electron chi connectivity index (χ2n) is 5.83. The number of thioether (sulfide) groups is 1. The zero-order valence-electron chi connectivity index (χ0n) is 13.9. The summed E-state index contributed by atoms with van der Waals surface area (Å²) in [5, 5.41) is 3.17. The lowest BCUT2D eigenvalue weighted by molar-refractivity contribution is -0.119. The minimum absolute atomic E-state index is 0.159. The molecule has 128 valence electrons. The van der Waals surface area contributed by atoms with Crippen LogP contribution in [-0.2, 0) is 4.79 Å². The van der Waals surface area contributed by atoms with Crippen molar-refractivity contribution < 1.29 is 14.3 Å². The average molecular weight is 337 g/mol. The van der Waals surface area contributed by atoms with Gasteiger partial charge < -0.3 is 14.8 Å². The number of methoxy groups -OCH3 is 1. The van der Waals surface area contributed by atoms with Gasteiger partial charge in [-0.15, -0.1) is 11.8 Å². The van der Waals surface area contributed by atoms with E-state index in [1.54, 1.807) is 18.9 Å². The third-order valence-corrected chi connectivity index (χ3v) is 4.93. The summed E-state index contributed by atoms with van der Waals surface area (Å²) < 4.78 is 10.8. The maximum Gasteiger partial charge on any atom is 0.230 e. The minimum Gasteiger partial charge on any atom is -0.497 e. The molecule has 1 aliphatic carbocycles. The lowest BCUT2D eigenvalue weighted by atomic mass is 10.1. The van der Waals surface area contributed by atoms with Crippen LogP contribution >= 0.6 is 11.8 Å². The maximum absolute atomic E-state index is 11.9. The van der Waals surface area contributed by atoms with Gasteiger partial charge in [-0.3, -0.25) is 4.79 Å². The molecule has 1 fully saturated rings. The van der Waals surface area contributed by atoms with Crippen molar-refractivity contribution in [1.29, 1.82) is 0 Å². The molecular formula is C18H27NO3S. The number of hydrogen-bond acceptors (Lipinski definition) is 4. The summed E-state index contributed by atoms with van der Waals surface area (Å²) in [6.07, 6.45) is 7.38. The third kappa shape index (κ3) is 7.16. The number of hydrogen-bond donors (Lipinski definition) is 1. The Balaban J connectivity index is 1.54. The topological polar surface area (TPSA) is 47.6 Å². The Morgan fingerprint density at radius 2 is 1.78 bits per heavy atom. The van der Waals surface area contributed by atoms with E-state index in [9.17, 15) is 4.79 Å². The van der Waals surface area contributed by atoms with Gasteiger partial charge in [-0.05, 0) is 37.1 Å². The van der Waals surface area contributed by atoms with Crippen LogP contribution in [0.25, 0.3) is 0 Å². The molecule has 0 spiro atoms. The van der Waals surface area contributed by atoms with Gasteiger partial charge in [0.05, 0.1) is 19.5 Å². The number of nitrogens with one attached hydrogen (secondary N) is 1. The van der Waals surface area contributed by atoms with Gasteiger partial charge >= 0.3 is 0 Å². The summed E-state index contributed by atoms with van der Waals surface area (Å²) in [5.41, 5.74) is 0. The summed E-state index contributed by atoms with van der Waals surface area (Å²) in [6, 6.07) is 7.93. The van der Waals surface area contributed by atoms with Crippen molar-refractivity contribution in [2.45, 2.75) is 44.6 Å². The smallest absolute Gasteiger partial charge is 0.230 e. The highest BCUT2D eigenvalue weighted by Crippen LogP contribution is 2.18. The SMILES string of the molecule is COc1ccc(OCCSCC(=O)NC2CCCCCC2)cc1. The van der Waals surface area contributed by atoms with Crippen LogP contribution in [0.4, 0.5) is 0 Å². The van der Waals surface area contributed by atoms with Crippen molar-refractivity contribution in [3.63, 3.8) is 0 Å². The molecule has 1 aromatic rings. The highest BCUT2D eigenvalue weighted by Gasteiger charge is 2.14. The Morgan fingerprint density at radius 3 is 2.43 bits per heavy atom. The minimum atomic E-state index is 0.159. The van der Waals surface area contributed by atoms with E-state index in [-0.39, 0.29) is 5.91 Å². The molecule has 1 saturated carbocycles. The summed E-state index contributed by atoms with van der Waals surface area (Å²) in [6.45, 7) is 0.605. The second-order valence-corrected chi connectivity index (χ2v) is 6.94. The fraction of sp³-hybridized carbons (Fsp3) is 0.611. The van der Waals surface area contributed by atoms with E-state index in [2.05, 4.69) is 5.32 Å². The monoisotopic (exact) mass is 337 g/mol. The normalized spacial score (nSPS) is 15.7. The molecule has 0 heterocycles. The number of ether oxygens (including phenoxy) is 2. The molecule has 1 aromatic carbocycles. The number of carbonyl (C=O) groups is 1. The molecule has 0 unspecified atom stereocenters. The highest BCUT2D eigenvalue weighted by molar-refractivity contribution is 7.99. The first-order valence-electron chi connectivity index (χ1n) is 8.42. The largest absolute Gasteiger partial charge is 0.497 e. The molecule has 1 aliphatic rings. The lowest BCUT2D eigenvalue weighted by Gasteiger charge is -2.16. The predicted molar refractivity (Wildman–Crippen MR) is 95.4 cm³/mol. The lowest BCUT2D eigenvalue weighted by Crippen LogP contribution is -2.35. The number of rotatable bonds is 8. The standard InChI is InChI=1S/C18H27NO3S/c1-21-16-8-10-17(11-9-16)22-12-13-23-14-18(20)19-15-6-4-2-3-5-7-15/h8-11,15H,2-7,12-14H2,1H3,(H,19,20). The maximum atomic E-state index is 11.9. The van der Waals surface area contributed by atoms with Gasteiger partial charge in [-0.2, -0.15) is 0 Å². The Labute approximate surface area is 143 Å². The van der Waals surface area contributed by atoms with E-state index in [4.69, 9.17) is 9.47 Å². The van der Waals surface area contributed by atoms with E-state index < -0.39 is 0 Å². The van der Waals surface area contributed by atoms with Gasteiger partial charge in [0.25, 0.3) is 0 Å². The van der Waals surface area contributed by atoms with Gasteiger partial charge in [0, 0.05) is 11.8 Å². The fourth-order valence-corrected chi connectivity index (χ4v) is 3.36. The molecule has 0 atom stereocenters. The molecular weight excluding hydrogens is 310 g/mol. The van der Waals surface area contributed by atoms with E-state index in [1.807, 2.05) is 24.3 Å². The van der Waals surface area contributed by atoms with E-state index >= 15 is 0 Å². The van der Waals surface area contributed by atoms with Crippen LogP contribution in [0, 0.1) is 0 Å². The molecule has 0 radical (unpaired) electrons. The first-order chi connectivity index (χ1) is 11.3.